The van der Waals surface area contributed by atoms with Gasteiger partial charge in [-0.05, 0) is 36.0 Å². The van der Waals surface area contributed by atoms with E-state index in [9.17, 15) is 14.7 Å². The molecule has 0 saturated carbocycles. The van der Waals surface area contributed by atoms with Crippen molar-refractivity contribution >= 4 is 17.6 Å². The lowest BCUT2D eigenvalue weighted by Crippen LogP contribution is -2.19. The third kappa shape index (κ3) is 5.85. The highest BCUT2D eigenvalue weighted by Crippen LogP contribution is 2.28. The first-order chi connectivity index (χ1) is 9.58. The van der Waals surface area contributed by atoms with Gasteiger partial charge in [0.1, 0.15) is 5.75 Å². The van der Waals surface area contributed by atoms with E-state index in [0.717, 1.165) is 12.5 Å². The lowest BCUT2D eigenvalue weighted by molar-refractivity contribution is -0.117. The van der Waals surface area contributed by atoms with Gasteiger partial charge in [0.25, 0.3) is 0 Å². The molecule has 0 aliphatic rings. The largest absolute Gasteiger partial charge is 0.506 e. The summed E-state index contributed by atoms with van der Waals surface area (Å²) in [6, 6.07) is 3.86. The van der Waals surface area contributed by atoms with Gasteiger partial charge in [-0.3, -0.25) is 4.79 Å². The first-order valence-electron chi connectivity index (χ1n) is 6.94. The number of aromatic carboxylic acids is 1. The fraction of sp³-hybridized carbons (Fsp3) is 0.500. The molecule has 0 aliphatic carbocycles. The lowest BCUT2D eigenvalue weighted by atomic mass is 9.84. The Bertz CT molecular complexity index is 532. The number of carbonyl (C=O) groups excluding carboxylic acids is 1. The smallest absolute Gasteiger partial charge is 0.335 e. The SMILES string of the molecule is CC(CC(=O)Nc1ccc(C(=O)O)cc1O)CC(C)(C)C. The van der Waals surface area contributed by atoms with Gasteiger partial charge in [-0.15, -0.1) is 0 Å². The minimum atomic E-state index is -1.12. The Hall–Kier alpha value is -2.04. The highest BCUT2D eigenvalue weighted by Gasteiger charge is 2.18. The lowest BCUT2D eigenvalue weighted by Gasteiger charge is -2.22. The second kappa shape index (κ2) is 6.61. The van der Waals surface area contributed by atoms with Crippen molar-refractivity contribution in [1.82, 2.24) is 0 Å². The number of phenolic OH excluding ortho intramolecular Hbond substituents is 1. The summed E-state index contributed by atoms with van der Waals surface area (Å²) < 4.78 is 0. The molecule has 5 heteroatoms. The molecule has 0 radical (unpaired) electrons. The number of aromatic hydroxyl groups is 1. The predicted molar refractivity (Wildman–Crippen MR) is 81.5 cm³/mol. The van der Waals surface area contributed by atoms with Crippen LogP contribution in [0.5, 0.6) is 5.75 Å². The average Bonchev–Trinajstić information content (AvgIpc) is 2.28. The van der Waals surface area contributed by atoms with E-state index in [2.05, 4.69) is 26.1 Å². The summed E-state index contributed by atoms with van der Waals surface area (Å²) in [5, 5.41) is 21.2. The van der Waals surface area contributed by atoms with Crippen LogP contribution in [0, 0.1) is 11.3 Å². The molecule has 1 unspecified atom stereocenters. The second-order valence-electron chi connectivity index (χ2n) is 6.66. The van der Waals surface area contributed by atoms with Crippen molar-refractivity contribution in [3.8, 4) is 5.75 Å². The summed E-state index contributed by atoms with van der Waals surface area (Å²) in [6.45, 7) is 8.38. The molecule has 0 saturated heterocycles. The summed E-state index contributed by atoms with van der Waals surface area (Å²) >= 11 is 0. The van der Waals surface area contributed by atoms with Gasteiger partial charge in [-0.2, -0.15) is 0 Å². The maximum atomic E-state index is 11.9. The molecule has 0 bridgehead atoms. The zero-order valence-corrected chi connectivity index (χ0v) is 12.9. The Morgan fingerprint density at radius 2 is 1.90 bits per heavy atom. The monoisotopic (exact) mass is 293 g/mol. The Morgan fingerprint density at radius 1 is 1.29 bits per heavy atom. The van der Waals surface area contributed by atoms with Gasteiger partial charge in [0.15, 0.2) is 0 Å². The van der Waals surface area contributed by atoms with E-state index in [1.54, 1.807) is 0 Å². The average molecular weight is 293 g/mol. The van der Waals surface area contributed by atoms with Gasteiger partial charge in [-0.25, -0.2) is 4.79 Å². The van der Waals surface area contributed by atoms with E-state index in [1.165, 1.54) is 12.1 Å². The normalized spacial score (nSPS) is 12.8. The topological polar surface area (TPSA) is 86.6 Å². The van der Waals surface area contributed by atoms with Crippen LogP contribution in [0.4, 0.5) is 5.69 Å². The third-order valence-corrected chi connectivity index (χ3v) is 3.01. The van der Waals surface area contributed by atoms with Gasteiger partial charge >= 0.3 is 5.97 Å². The minimum Gasteiger partial charge on any atom is -0.506 e. The molecule has 1 amide bonds. The van der Waals surface area contributed by atoms with E-state index in [4.69, 9.17) is 5.11 Å². The molecule has 116 valence electrons. The standard InChI is InChI=1S/C16H23NO4/c1-10(9-16(2,3)4)7-14(19)17-12-6-5-11(15(20)21)8-13(12)18/h5-6,8,10,18H,7,9H2,1-4H3,(H,17,19)(H,20,21). The molecule has 0 spiro atoms. The van der Waals surface area contributed by atoms with Crippen LogP contribution in [0.25, 0.3) is 0 Å². The van der Waals surface area contributed by atoms with Crippen LogP contribution in [-0.4, -0.2) is 22.1 Å². The number of carbonyl (C=O) groups is 2. The van der Waals surface area contributed by atoms with Crippen molar-refractivity contribution < 1.29 is 19.8 Å². The van der Waals surface area contributed by atoms with Crippen LogP contribution >= 0.6 is 0 Å². The van der Waals surface area contributed by atoms with Crippen molar-refractivity contribution in [2.75, 3.05) is 5.32 Å². The van der Waals surface area contributed by atoms with Gasteiger partial charge in [0, 0.05) is 6.42 Å². The number of amides is 1. The second-order valence-corrected chi connectivity index (χ2v) is 6.66. The number of benzene rings is 1. The Balaban J connectivity index is 2.65. The maximum Gasteiger partial charge on any atom is 0.335 e. The van der Waals surface area contributed by atoms with Gasteiger partial charge in [-0.1, -0.05) is 27.7 Å². The molecule has 1 rings (SSSR count). The molecular weight excluding hydrogens is 270 g/mol. The van der Waals surface area contributed by atoms with Gasteiger partial charge in [0.2, 0.25) is 5.91 Å². The third-order valence-electron chi connectivity index (χ3n) is 3.01. The summed E-state index contributed by atoms with van der Waals surface area (Å²) in [5.41, 5.74) is 0.366. The zero-order chi connectivity index (χ0) is 16.2. The van der Waals surface area contributed by atoms with Crippen molar-refractivity contribution in [1.29, 1.82) is 0 Å². The molecular formula is C16H23NO4. The van der Waals surface area contributed by atoms with Crippen LogP contribution in [0.3, 0.4) is 0 Å². The fourth-order valence-electron chi connectivity index (χ4n) is 2.41. The molecule has 0 heterocycles. The molecule has 0 aliphatic heterocycles. The summed E-state index contributed by atoms with van der Waals surface area (Å²) in [6.07, 6.45) is 1.28. The van der Waals surface area contributed by atoms with E-state index in [1.807, 2.05) is 6.92 Å². The van der Waals surface area contributed by atoms with E-state index >= 15 is 0 Å². The molecule has 0 aromatic heterocycles. The number of rotatable bonds is 5. The maximum absolute atomic E-state index is 11.9. The highest BCUT2D eigenvalue weighted by atomic mass is 16.4. The molecule has 3 N–H and O–H groups in total. The first kappa shape index (κ1) is 17.0. The van der Waals surface area contributed by atoms with E-state index in [0.29, 0.717) is 6.42 Å². The van der Waals surface area contributed by atoms with Crippen molar-refractivity contribution in [3.05, 3.63) is 23.8 Å². The number of nitrogens with one attached hydrogen (secondary N) is 1. The molecule has 21 heavy (non-hydrogen) atoms. The Labute approximate surface area is 125 Å². The van der Waals surface area contributed by atoms with Crippen LogP contribution in [-0.2, 0) is 4.79 Å². The first-order valence-corrected chi connectivity index (χ1v) is 6.94. The van der Waals surface area contributed by atoms with Crippen LogP contribution in [0.2, 0.25) is 0 Å². The number of anilines is 1. The summed E-state index contributed by atoms with van der Waals surface area (Å²) in [5.74, 6) is -1.33. The zero-order valence-electron chi connectivity index (χ0n) is 12.9. The predicted octanol–water partition coefficient (Wildman–Crippen LogP) is 3.49. The fourth-order valence-corrected chi connectivity index (χ4v) is 2.41. The summed E-state index contributed by atoms with van der Waals surface area (Å²) in [7, 11) is 0. The molecule has 5 nitrogen and oxygen atoms in total. The quantitative estimate of drug-likeness (QED) is 0.725. The van der Waals surface area contributed by atoms with Crippen molar-refractivity contribution in [2.45, 2.75) is 40.5 Å². The molecule has 1 atom stereocenters. The van der Waals surface area contributed by atoms with Crippen LogP contribution < -0.4 is 5.32 Å². The Kier molecular flexibility index (Phi) is 5.35. The van der Waals surface area contributed by atoms with Crippen molar-refractivity contribution in [3.63, 3.8) is 0 Å². The van der Waals surface area contributed by atoms with Crippen molar-refractivity contribution in [2.24, 2.45) is 11.3 Å². The van der Waals surface area contributed by atoms with Gasteiger partial charge in [0.05, 0.1) is 11.3 Å². The minimum absolute atomic E-state index is 0.0217. The van der Waals surface area contributed by atoms with Crippen LogP contribution in [0.1, 0.15) is 50.9 Å². The Morgan fingerprint density at radius 3 is 2.38 bits per heavy atom. The van der Waals surface area contributed by atoms with E-state index in [-0.39, 0.29) is 34.2 Å². The number of phenols is 1. The van der Waals surface area contributed by atoms with Crippen LogP contribution in [0.15, 0.2) is 18.2 Å². The number of hydrogen-bond acceptors (Lipinski definition) is 3. The molecule has 1 aromatic rings. The summed E-state index contributed by atoms with van der Waals surface area (Å²) in [4.78, 5) is 22.7. The number of hydrogen-bond donors (Lipinski definition) is 3. The number of carboxylic acid groups (broad SMARTS) is 1. The van der Waals surface area contributed by atoms with Gasteiger partial charge < -0.3 is 15.5 Å². The highest BCUT2D eigenvalue weighted by molar-refractivity contribution is 5.94. The number of carboxylic acids is 1. The van der Waals surface area contributed by atoms with E-state index < -0.39 is 5.97 Å². The molecule has 0 fully saturated rings. The molecule has 1 aromatic carbocycles.